The number of carbonyl (C=O) groups excluding carboxylic acids is 2. The van der Waals surface area contributed by atoms with Gasteiger partial charge >= 0.3 is 5.97 Å². The van der Waals surface area contributed by atoms with Crippen molar-refractivity contribution in [2.45, 2.75) is 19.3 Å². The van der Waals surface area contributed by atoms with Gasteiger partial charge in [-0.15, -0.1) is 0 Å². The molecule has 1 N–H and O–H groups in total. The zero-order valence-electron chi connectivity index (χ0n) is 15.0. The van der Waals surface area contributed by atoms with E-state index in [1.54, 1.807) is 29.2 Å². The number of likely N-dealkylation sites (tertiary alicyclic amines) is 1. The Bertz CT molecular complexity index is 850. The fourth-order valence-electron chi connectivity index (χ4n) is 3.18. The van der Waals surface area contributed by atoms with Crippen LogP contribution in [-0.2, 0) is 14.4 Å². The Morgan fingerprint density at radius 1 is 1.32 bits per heavy atom. The topological polar surface area (TPSA) is 77.9 Å². The molecule has 0 spiro atoms. The number of carbonyl (C=O) groups is 3. The normalized spacial score (nSPS) is 19.5. The van der Waals surface area contributed by atoms with Crippen molar-refractivity contribution >= 4 is 63.8 Å². The van der Waals surface area contributed by atoms with Crippen LogP contribution in [0.2, 0.25) is 5.02 Å². The molecule has 9 heteroatoms. The molecule has 0 bridgehead atoms. The highest BCUT2D eigenvalue weighted by Crippen LogP contribution is 2.33. The predicted molar refractivity (Wildman–Crippen MR) is 113 cm³/mol. The number of rotatable bonds is 5. The summed E-state index contributed by atoms with van der Waals surface area (Å²) in [5.74, 6) is -1.49. The van der Waals surface area contributed by atoms with Gasteiger partial charge in [0.1, 0.15) is 4.32 Å². The molecule has 2 fully saturated rings. The minimum atomic E-state index is -0.809. The average molecular weight is 439 g/mol. The van der Waals surface area contributed by atoms with Gasteiger partial charge in [-0.3, -0.25) is 19.3 Å². The van der Waals surface area contributed by atoms with Crippen LogP contribution in [0, 0.1) is 5.92 Å². The molecular formula is C19H19ClN2O4S2. The van der Waals surface area contributed by atoms with Crippen LogP contribution in [0.5, 0.6) is 0 Å². The highest BCUT2D eigenvalue weighted by Gasteiger charge is 2.33. The summed E-state index contributed by atoms with van der Waals surface area (Å²) in [6, 6.07) is 7.18. The molecule has 2 heterocycles. The van der Waals surface area contributed by atoms with Gasteiger partial charge in [0.2, 0.25) is 5.91 Å². The summed E-state index contributed by atoms with van der Waals surface area (Å²) in [6.45, 7) is 1.08. The van der Waals surface area contributed by atoms with E-state index in [0.717, 1.165) is 5.56 Å². The molecule has 2 saturated heterocycles. The number of aliphatic carboxylic acids is 1. The second-order valence-electron chi connectivity index (χ2n) is 6.63. The lowest BCUT2D eigenvalue weighted by molar-refractivity contribution is -0.145. The monoisotopic (exact) mass is 438 g/mol. The lowest BCUT2D eigenvalue weighted by Gasteiger charge is -2.30. The molecule has 0 unspecified atom stereocenters. The van der Waals surface area contributed by atoms with Gasteiger partial charge in [0.05, 0.1) is 10.8 Å². The van der Waals surface area contributed by atoms with E-state index in [4.69, 9.17) is 28.9 Å². The molecule has 1 aromatic carbocycles. The summed E-state index contributed by atoms with van der Waals surface area (Å²) in [6.07, 6.45) is 2.83. The van der Waals surface area contributed by atoms with Crippen molar-refractivity contribution in [2.75, 3.05) is 19.6 Å². The third kappa shape index (κ3) is 4.92. The SMILES string of the molecule is O=C(O)C1CCN(C(=O)CCN2C(=O)C(=Cc3cccc(Cl)c3)SC2=S)CC1. The number of carboxylic acid groups (broad SMARTS) is 1. The molecule has 28 heavy (non-hydrogen) atoms. The summed E-state index contributed by atoms with van der Waals surface area (Å²) < 4.78 is 0.427. The van der Waals surface area contributed by atoms with E-state index >= 15 is 0 Å². The number of halogens is 1. The summed E-state index contributed by atoms with van der Waals surface area (Å²) in [5, 5.41) is 9.62. The Morgan fingerprint density at radius 2 is 2.04 bits per heavy atom. The van der Waals surface area contributed by atoms with Gasteiger partial charge in [-0.2, -0.15) is 0 Å². The summed E-state index contributed by atoms with van der Waals surface area (Å²) in [7, 11) is 0. The maximum absolute atomic E-state index is 12.6. The standard InChI is InChI=1S/C19H19ClN2O4S2/c20-14-3-1-2-12(10-14)11-15-17(24)22(19(27)28-15)9-6-16(23)21-7-4-13(5-8-21)18(25)26/h1-3,10-11,13H,4-9H2,(H,25,26). The van der Waals surface area contributed by atoms with E-state index in [9.17, 15) is 14.4 Å². The summed E-state index contributed by atoms with van der Waals surface area (Å²) in [4.78, 5) is 39.7. The zero-order chi connectivity index (χ0) is 20.3. The van der Waals surface area contributed by atoms with E-state index in [-0.39, 0.29) is 30.7 Å². The first-order valence-electron chi connectivity index (χ1n) is 8.86. The van der Waals surface area contributed by atoms with Gasteiger partial charge in [0, 0.05) is 31.1 Å². The number of piperidine rings is 1. The first-order chi connectivity index (χ1) is 13.3. The van der Waals surface area contributed by atoms with Gasteiger partial charge in [-0.1, -0.05) is 47.7 Å². The Hall–Kier alpha value is -1.90. The van der Waals surface area contributed by atoms with Crippen LogP contribution in [0.4, 0.5) is 0 Å². The number of nitrogens with zero attached hydrogens (tertiary/aromatic N) is 2. The first-order valence-corrected chi connectivity index (χ1v) is 10.5. The van der Waals surface area contributed by atoms with E-state index < -0.39 is 5.97 Å². The molecule has 2 aliphatic rings. The molecule has 0 saturated carbocycles. The molecule has 0 aliphatic carbocycles. The molecule has 0 radical (unpaired) electrons. The summed E-state index contributed by atoms with van der Waals surface area (Å²) in [5.41, 5.74) is 0.811. The number of hydrogen-bond donors (Lipinski definition) is 1. The number of thioether (sulfide) groups is 1. The van der Waals surface area contributed by atoms with E-state index in [2.05, 4.69) is 0 Å². The fraction of sp³-hybridized carbons (Fsp3) is 0.368. The molecule has 0 aromatic heterocycles. The van der Waals surface area contributed by atoms with Crippen molar-refractivity contribution in [1.29, 1.82) is 0 Å². The highest BCUT2D eigenvalue weighted by atomic mass is 35.5. The van der Waals surface area contributed by atoms with Gasteiger partial charge in [-0.05, 0) is 36.6 Å². The molecule has 3 rings (SSSR count). The van der Waals surface area contributed by atoms with Crippen LogP contribution in [-0.4, -0.2) is 56.6 Å². The minimum absolute atomic E-state index is 0.0864. The maximum Gasteiger partial charge on any atom is 0.306 e. The van der Waals surface area contributed by atoms with Crippen LogP contribution in [0.25, 0.3) is 6.08 Å². The van der Waals surface area contributed by atoms with Crippen LogP contribution in [0.1, 0.15) is 24.8 Å². The molecule has 0 atom stereocenters. The van der Waals surface area contributed by atoms with E-state index in [1.165, 1.54) is 16.7 Å². The predicted octanol–water partition coefficient (Wildman–Crippen LogP) is 3.25. The smallest absolute Gasteiger partial charge is 0.306 e. The van der Waals surface area contributed by atoms with Crippen molar-refractivity contribution < 1.29 is 19.5 Å². The Morgan fingerprint density at radius 3 is 2.68 bits per heavy atom. The van der Waals surface area contributed by atoms with E-state index in [1.807, 2.05) is 6.07 Å². The molecule has 2 aliphatic heterocycles. The van der Waals surface area contributed by atoms with Gasteiger partial charge < -0.3 is 10.0 Å². The third-order valence-electron chi connectivity index (χ3n) is 4.77. The zero-order valence-corrected chi connectivity index (χ0v) is 17.4. The van der Waals surface area contributed by atoms with Crippen LogP contribution in [0.15, 0.2) is 29.2 Å². The second-order valence-corrected chi connectivity index (χ2v) is 8.74. The molecule has 1 aromatic rings. The number of thiocarbonyl (C=S) groups is 1. The Balaban J connectivity index is 1.56. The lowest BCUT2D eigenvalue weighted by atomic mass is 9.97. The largest absolute Gasteiger partial charge is 0.481 e. The number of hydrogen-bond acceptors (Lipinski definition) is 5. The second kappa shape index (κ2) is 9.07. The quantitative estimate of drug-likeness (QED) is 0.561. The van der Waals surface area contributed by atoms with Crippen molar-refractivity contribution in [3.8, 4) is 0 Å². The Labute approximate surface area is 177 Å². The minimum Gasteiger partial charge on any atom is -0.481 e. The third-order valence-corrected chi connectivity index (χ3v) is 6.38. The van der Waals surface area contributed by atoms with Crippen molar-refractivity contribution in [3.05, 3.63) is 39.8 Å². The van der Waals surface area contributed by atoms with Crippen LogP contribution < -0.4 is 0 Å². The van der Waals surface area contributed by atoms with Gasteiger partial charge in [0.25, 0.3) is 5.91 Å². The van der Waals surface area contributed by atoms with E-state index in [0.29, 0.717) is 40.2 Å². The molecule has 148 valence electrons. The first kappa shape index (κ1) is 20.8. The highest BCUT2D eigenvalue weighted by molar-refractivity contribution is 8.26. The number of benzene rings is 1. The maximum atomic E-state index is 12.6. The van der Waals surface area contributed by atoms with Crippen molar-refractivity contribution in [3.63, 3.8) is 0 Å². The number of amides is 2. The fourth-order valence-corrected chi connectivity index (χ4v) is 4.69. The molecular weight excluding hydrogens is 420 g/mol. The average Bonchev–Trinajstić information content (AvgIpc) is 2.93. The van der Waals surface area contributed by atoms with Crippen molar-refractivity contribution in [2.24, 2.45) is 5.92 Å². The van der Waals surface area contributed by atoms with Crippen LogP contribution in [0.3, 0.4) is 0 Å². The van der Waals surface area contributed by atoms with Crippen molar-refractivity contribution in [1.82, 2.24) is 9.80 Å². The van der Waals surface area contributed by atoms with Gasteiger partial charge in [0.15, 0.2) is 0 Å². The lowest BCUT2D eigenvalue weighted by Crippen LogP contribution is -2.41. The van der Waals surface area contributed by atoms with Crippen LogP contribution >= 0.6 is 35.6 Å². The van der Waals surface area contributed by atoms with Gasteiger partial charge in [-0.25, -0.2) is 0 Å². The Kier molecular flexibility index (Phi) is 6.74. The number of carboxylic acids is 1. The molecule has 6 nitrogen and oxygen atoms in total. The summed E-state index contributed by atoms with van der Waals surface area (Å²) >= 11 is 12.5. The molecule has 2 amide bonds.